The number of aromatic nitrogens is 1. The van der Waals surface area contributed by atoms with Crippen LogP contribution in [-0.2, 0) is 4.79 Å². The van der Waals surface area contributed by atoms with Crippen molar-refractivity contribution in [2.24, 2.45) is 0 Å². The smallest absolute Gasteiger partial charge is 0.323 e. The Morgan fingerprint density at radius 3 is 2.89 bits per heavy atom. The Balaban J connectivity index is 2.55. The van der Waals surface area contributed by atoms with Gasteiger partial charge >= 0.3 is 5.97 Å². The van der Waals surface area contributed by atoms with Crippen molar-refractivity contribution in [3.8, 4) is 6.07 Å². The van der Waals surface area contributed by atoms with Crippen molar-refractivity contribution in [2.45, 2.75) is 0 Å². The molecule has 0 unspecified atom stereocenters. The molecule has 2 rings (SSSR count). The fourth-order valence-electron chi connectivity index (χ4n) is 1.76. The number of carboxylic acids is 1. The van der Waals surface area contributed by atoms with Crippen molar-refractivity contribution in [3.05, 3.63) is 35.9 Å². The summed E-state index contributed by atoms with van der Waals surface area (Å²) in [7, 11) is 1.60. The molecule has 0 fully saturated rings. The highest BCUT2D eigenvalue weighted by atomic mass is 16.4. The number of nitrogens with zero attached hydrogens (tertiary/aromatic N) is 3. The van der Waals surface area contributed by atoms with Crippen LogP contribution in [0.1, 0.15) is 5.56 Å². The lowest BCUT2D eigenvalue weighted by molar-refractivity contribution is -0.135. The summed E-state index contributed by atoms with van der Waals surface area (Å²) < 4.78 is 0. The molecular weight excluding hydrogens is 230 g/mol. The first-order chi connectivity index (χ1) is 8.61. The molecule has 5 nitrogen and oxygen atoms in total. The molecule has 1 N–H and O–H groups in total. The van der Waals surface area contributed by atoms with Gasteiger partial charge in [0.15, 0.2) is 0 Å². The molecule has 0 saturated heterocycles. The number of benzene rings is 1. The zero-order chi connectivity index (χ0) is 13.1. The third-order valence-corrected chi connectivity index (χ3v) is 2.56. The van der Waals surface area contributed by atoms with Gasteiger partial charge in [0.1, 0.15) is 18.4 Å². The van der Waals surface area contributed by atoms with Crippen LogP contribution in [0.5, 0.6) is 0 Å². The van der Waals surface area contributed by atoms with E-state index >= 15 is 0 Å². The Bertz CT molecular complexity index is 646. The second-order valence-corrected chi connectivity index (χ2v) is 3.91. The standard InChI is InChI=1S/C13H11N3O2/c1-16(8-12(17)18)13-10(7-14)6-9-4-2-3-5-11(9)15-13/h2-6H,8H2,1H3,(H,17,18). The zero-order valence-electron chi connectivity index (χ0n) is 9.79. The van der Waals surface area contributed by atoms with E-state index in [0.29, 0.717) is 11.4 Å². The van der Waals surface area contributed by atoms with Crippen molar-refractivity contribution in [1.82, 2.24) is 4.98 Å². The first kappa shape index (κ1) is 11.9. The molecular formula is C13H11N3O2. The Labute approximate surface area is 104 Å². The van der Waals surface area contributed by atoms with Gasteiger partial charge in [0.2, 0.25) is 0 Å². The molecule has 0 atom stereocenters. The third kappa shape index (κ3) is 2.23. The van der Waals surface area contributed by atoms with Gasteiger partial charge < -0.3 is 10.0 Å². The van der Waals surface area contributed by atoms with Gasteiger partial charge in [-0.15, -0.1) is 0 Å². The molecule has 0 aliphatic heterocycles. The molecule has 0 radical (unpaired) electrons. The number of carboxylic acid groups (broad SMARTS) is 1. The second kappa shape index (κ2) is 4.72. The van der Waals surface area contributed by atoms with Gasteiger partial charge in [-0.25, -0.2) is 4.98 Å². The van der Waals surface area contributed by atoms with Crippen LogP contribution in [0, 0.1) is 11.3 Å². The molecule has 1 heterocycles. The molecule has 0 amide bonds. The van der Waals surface area contributed by atoms with E-state index in [1.807, 2.05) is 30.3 Å². The molecule has 1 aromatic carbocycles. The number of carbonyl (C=O) groups is 1. The molecule has 2 aromatic rings. The number of para-hydroxylation sites is 1. The summed E-state index contributed by atoms with van der Waals surface area (Å²) in [5, 5.41) is 18.7. The summed E-state index contributed by atoms with van der Waals surface area (Å²) in [5.41, 5.74) is 1.11. The minimum atomic E-state index is -0.962. The Kier molecular flexibility index (Phi) is 3.11. The summed E-state index contributed by atoms with van der Waals surface area (Å²) in [6.07, 6.45) is 0. The van der Waals surface area contributed by atoms with Crippen molar-refractivity contribution >= 4 is 22.7 Å². The first-order valence-corrected chi connectivity index (χ1v) is 5.34. The van der Waals surface area contributed by atoms with E-state index in [9.17, 15) is 4.79 Å². The lowest BCUT2D eigenvalue weighted by Crippen LogP contribution is -2.26. The highest BCUT2D eigenvalue weighted by Crippen LogP contribution is 2.21. The molecule has 0 bridgehead atoms. The van der Waals surface area contributed by atoms with E-state index in [4.69, 9.17) is 10.4 Å². The predicted octanol–water partition coefficient (Wildman–Crippen LogP) is 1.63. The van der Waals surface area contributed by atoms with Gasteiger partial charge in [-0.3, -0.25) is 4.79 Å². The number of rotatable bonds is 3. The van der Waals surface area contributed by atoms with E-state index in [-0.39, 0.29) is 6.54 Å². The molecule has 18 heavy (non-hydrogen) atoms. The molecule has 1 aromatic heterocycles. The minimum absolute atomic E-state index is 0.194. The van der Waals surface area contributed by atoms with Crippen molar-refractivity contribution in [2.75, 3.05) is 18.5 Å². The van der Waals surface area contributed by atoms with Crippen LogP contribution >= 0.6 is 0 Å². The lowest BCUT2D eigenvalue weighted by atomic mass is 10.1. The molecule has 0 saturated carbocycles. The van der Waals surface area contributed by atoms with E-state index in [1.54, 1.807) is 13.1 Å². The molecule has 0 aliphatic rings. The normalized spacial score (nSPS) is 10.0. The fraction of sp³-hybridized carbons (Fsp3) is 0.154. The summed E-state index contributed by atoms with van der Waals surface area (Å²) >= 11 is 0. The number of pyridine rings is 1. The maximum atomic E-state index is 10.7. The highest BCUT2D eigenvalue weighted by molar-refractivity contribution is 5.84. The maximum Gasteiger partial charge on any atom is 0.323 e. The van der Waals surface area contributed by atoms with Crippen LogP contribution in [0.25, 0.3) is 10.9 Å². The quantitative estimate of drug-likeness (QED) is 0.883. The maximum absolute atomic E-state index is 10.7. The fourth-order valence-corrected chi connectivity index (χ4v) is 1.76. The largest absolute Gasteiger partial charge is 0.480 e. The number of fused-ring (bicyclic) bond motifs is 1. The molecule has 90 valence electrons. The van der Waals surface area contributed by atoms with Crippen molar-refractivity contribution in [3.63, 3.8) is 0 Å². The summed E-state index contributed by atoms with van der Waals surface area (Å²) in [4.78, 5) is 16.5. The number of hydrogen-bond donors (Lipinski definition) is 1. The summed E-state index contributed by atoms with van der Waals surface area (Å²) in [5.74, 6) is -0.574. The SMILES string of the molecule is CN(CC(=O)O)c1nc2ccccc2cc1C#N. The van der Waals surface area contributed by atoms with Gasteiger partial charge in [0, 0.05) is 12.4 Å². The van der Waals surface area contributed by atoms with Crippen LogP contribution in [-0.4, -0.2) is 29.7 Å². The van der Waals surface area contributed by atoms with Crippen molar-refractivity contribution in [1.29, 1.82) is 5.26 Å². The molecule has 0 spiro atoms. The van der Waals surface area contributed by atoms with E-state index in [2.05, 4.69) is 4.98 Å². The van der Waals surface area contributed by atoms with Gasteiger partial charge in [-0.2, -0.15) is 5.26 Å². The number of likely N-dealkylation sites (N-methyl/N-ethyl adjacent to an activating group) is 1. The summed E-state index contributed by atoms with van der Waals surface area (Å²) in [6.45, 7) is -0.194. The van der Waals surface area contributed by atoms with Gasteiger partial charge in [-0.1, -0.05) is 18.2 Å². The topological polar surface area (TPSA) is 77.2 Å². The minimum Gasteiger partial charge on any atom is -0.480 e. The van der Waals surface area contributed by atoms with Gasteiger partial charge in [0.25, 0.3) is 0 Å². The summed E-state index contributed by atoms with van der Waals surface area (Å²) in [6, 6.07) is 11.2. The van der Waals surface area contributed by atoms with Gasteiger partial charge in [0.05, 0.1) is 11.1 Å². The van der Waals surface area contributed by atoms with Crippen LogP contribution < -0.4 is 4.90 Å². The predicted molar refractivity (Wildman–Crippen MR) is 67.4 cm³/mol. The number of aliphatic carboxylic acids is 1. The average Bonchev–Trinajstić information content (AvgIpc) is 2.36. The second-order valence-electron chi connectivity index (χ2n) is 3.91. The third-order valence-electron chi connectivity index (χ3n) is 2.56. The number of hydrogen-bond acceptors (Lipinski definition) is 4. The van der Waals surface area contributed by atoms with E-state index in [0.717, 1.165) is 10.9 Å². The number of anilines is 1. The van der Waals surface area contributed by atoms with E-state index < -0.39 is 5.97 Å². The zero-order valence-corrected chi connectivity index (χ0v) is 9.79. The van der Waals surface area contributed by atoms with Crippen LogP contribution in [0.3, 0.4) is 0 Å². The van der Waals surface area contributed by atoms with E-state index in [1.165, 1.54) is 4.90 Å². The van der Waals surface area contributed by atoms with Crippen LogP contribution in [0.2, 0.25) is 0 Å². The van der Waals surface area contributed by atoms with Crippen LogP contribution in [0.15, 0.2) is 30.3 Å². The highest BCUT2D eigenvalue weighted by Gasteiger charge is 2.13. The van der Waals surface area contributed by atoms with Gasteiger partial charge in [-0.05, 0) is 12.1 Å². The molecule has 5 heteroatoms. The van der Waals surface area contributed by atoms with Crippen LogP contribution in [0.4, 0.5) is 5.82 Å². The average molecular weight is 241 g/mol. The Hall–Kier alpha value is -2.61. The van der Waals surface area contributed by atoms with Crippen molar-refractivity contribution < 1.29 is 9.90 Å². The number of nitriles is 1. The molecule has 0 aliphatic carbocycles. The first-order valence-electron chi connectivity index (χ1n) is 5.34. The Morgan fingerprint density at radius 2 is 2.22 bits per heavy atom. The monoisotopic (exact) mass is 241 g/mol. The lowest BCUT2D eigenvalue weighted by Gasteiger charge is -2.17. The Morgan fingerprint density at radius 1 is 1.50 bits per heavy atom.